The number of benzene rings is 2. The number of aliphatic hydroxyl groups is 1. The van der Waals surface area contributed by atoms with E-state index in [1.165, 1.54) is 44.6 Å². The summed E-state index contributed by atoms with van der Waals surface area (Å²) in [5.41, 5.74) is -4.19. The highest BCUT2D eigenvalue weighted by Crippen LogP contribution is 2.46. The van der Waals surface area contributed by atoms with E-state index in [0.29, 0.717) is 35.7 Å². The van der Waals surface area contributed by atoms with Crippen LogP contribution in [-0.2, 0) is 38.3 Å². The molecule has 2 aliphatic heterocycles. The SMILES string of the molecule is COc1ccc(C(C)(O)C(F)(F)F)c(CCOC2CCCCO2)c1.COc1ccc2c(c1)CCOC2(C)C(F)(F)F. The number of hydrogen-bond donors (Lipinski definition) is 1. The fourth-order valence-corrected chi connectivity index (χ4v) is 4.72. The molecule has 6 nitrogen and oxygen atoms in total. The number of methoxy groups -OCH3 is 2. The lowest BCUT2D eigenvalue weighted by Gasteiger charge is -2.37. The first kappa shape index (κ1) is 33.0. The molecule has 3 atom stereocenters. The zero-order valence-corrected chi connectivity index (χ0v) is 23.5. The van der Waals surface area contributed by atoms with Gasteiger partial charge in [-0.2, -0.15) is 26.3 Å². The van der Waals surface area contributed by atoms with Crippen LogP contribution >= 0.6 is 0 Å². The molecule has 0 radical (unpaired) electrons. The highest BCUT2D eigenvalue weighted by Gasteiger charge is 2.55. The first-order valence-corrected chi connectivity index (χ1v) is 13.2. The van der Waals surface area contributed by atoms with Crippen LogP contribution in [0.4, 0.5) is 26.3 Å². The third-order valence-electron chi connectivity index (χ3n) is 7.33. The van der Waals surface area contributed by atoms with Gasteiger partial charge in [0.15, 0.2) is 17.5 Å². The molecule has 0 bridgehead atoms. The number of alkyl halides is 6. The minimum Gasteiger partial charge on any atom is -0.497 e. The summed E-state index contributed by atoms with van der Waals surface area (Å²) in [5.74, 6) is 0.996. The summed E-state index contributed by atoms with van der Waals surface area (Å²) in [6.45, 7) is 2.73. The van der Waals surface area contributed by atoms with Gasteiger partial charge in [0.2, 0.25) is 0 Å². The maximum Gasteiger partial charge on any atom is 0.421 e. The Labute approximate surface area is 235 Å². The van der Waals surface area contributed by atoms with Crippen molar-refractivity contribution < 1.29 is 55.1 Å². The van der Waals surface area contributed by atoms with Crippen LogP contribution in [0.15, 0.2) is 36.4 Å². The number of ether oxygens (including phenoxy) is 5. The van der Waals surface area contributed by atoms with Crippen LogP contribution in [-0.4, -0.2) is 57.8 Å². The molecule has 2 heterocycles. The first-order valence-electron chi connectivity index (χ1n) is 13.2. The molecule has 1 fully saturated rings. The van der Waals surface area contributed by atoms with Crippen molar-refractivity contribution in [3.63, 3.8) is 0 Å². The standard InChI is InChI=1S/C17H23F3O4.C12H13F3O2/c1-16(21,17(18,19)20)14-7-6-13(22-2)11-12(14)8-10-24-15-5-3-4-9-23-15;1-11(12(13,14)15)10-4-3-9(16-2)7-8(10)5-6-17-11/h6-7,11,15,21H,3-5,8-10H2,1-2H3;3-4,7H,5-6H2,1-2H3. The maximum atomic E-state index is 13.2. The van der Waals surface area contributed by atoms with Gasteiger partial charge in [0.05, 0.1) is 27.4 Å². The molecular weight excluding hydrogens is 558 g/mol. The summed E-state index contributed by atoms with van der Waals surface area (Å²) >= 11 is 0. The Morgan fingerprint density at radius 2 is 1.61 bits per heavy atom. The van der Waals surface area contributed by atoms with Crippen LogP contribution in [0.3, 0.4) is 0 Å². The molecule has 1 N–H and O–H groups in total. The molecule has 230 valence electrons. The van der Waals surface area contributed by atoms with E-state index in [0.717, 1.165) is 33.1 Å². The van der Waals surface area contributed by atoms with Crippen molar-refractivity contribution in [1.29, 1.82) is 0 Å². The predicted molar refractivity (Wildman–Crippen MR) is 138 cm³/mol. The van der Waals surface area contributed by atoms with Crippen molar-refractivity contribution in [1.82, 2.24) is 0 Å². The van der Waals surface area contributed by atoms with E-state index >= 15 is 0 Å². The molecule has 0 aliphatic carbocycles. The highest BCUT2D eigenvalue weighted by molar-refractivity contribution is 5.41. The van der Waals surface area contributed by atoms with Gasteiger partial charge in [-0.15, -0.1) is 0 Å². The minimum absolute atomic E-state index is 0.0657. The summed E-state index contributed by atoms with van der Waals surface area (Å²) in [5, 5.41) is 9.98. The van der Waals surface area contributed by atoms with Gasteiger partial charge in [0.1, 0.15) is 11.5 Å². The van der Waals surface area contributed by atoms with Crippen LogP contribution in [0.1, 0.15) is 55.4 Å². The summed E-state index contributed by atoms with van der Waals surface area (Å²) in [6.07, 6.45) is -6.02. The Hall–Kier alpha value is -2.54. The zero-order chi connectivity index (χ0) is 30.5. The van der Waals surface area contributed by atoms with Crippen molar-refractivity contribution in [3.8, 4) is 11.5 Å². The third-order valence-corrected chi connectivity index (χ3v) is 7.33. The van der Waals surface area contributed by atoms with Crippen LogP contribution < -0.4 is 9.47 Å². The van der Waals surface area contributed by atoms with E-state index in [1.54, 1.807) is 6.07 Å². The summed E-state index contributed by atoms with van der Waals surface area (Å²) in [7, 11) is 2.93. The van der Waals surface area contributed by atoms with Gasteiger partial charge in [0, 0.05) is 6.61 Å². The average Bonchev–Trinajstić information content (AvgIpc) is 2.92. The van der Waals surface area contributed by atoms with E-state index < -0.39 is 23.6 Å². The second-order valence-corrected chi connectivity index (χ2v) is 10.2. The summed E-state index contributed by atoms with van der Waals surface area (Å²) in [4.78, 5) is 0. The molecule has 0 aromatic heterocycles. The molecule has 0 spiro atoms. The molecule has 0 amide bonds. The van der Waals surface area contributed by atoms with Gasteiger partial charge in [0.25, 0.3) is 0 Å². The lowest BCUT2D eigenvalue weighted by Crippen LogP contribution is -2.45. The van der Waals surface area contributed by atoms with Crippen molar-refractivity contribution in [3.05, 3.63) is 58.7 Å². The third kappa shape index (κ3) is 7.65. The van der Waals surface area contributed by atoms with E-state index in [1.807, 2.05) is 0 Å². The van der Waals surface area contributed by atoms with Gasteiger partial charge in [-0.25, -0.2) is 0 Å². The van der Waals surface area contributed by atoms with E-state index in [9.17, 15) is 31.4 Å². The number of rotatable bonds is 7. The van der Waals surface area contributed by atoms with E-state index in [4.69, 9.17) is 23.7 Å². The van der Waals surface area contributed by atoms with Crippen molar-refractivity contribution in [2.75, 3.05) is 34.0 Å². The maximum absolute atomic E-state index is 13.2. The van der Waals surface area contributed by atoms with Crippen LogP contribution in [0.25, 0.3) is 0 Å². The van der Waals surface area contributed by atoms with Gasteiger partial charge in [-0.3, -0.25) is 0 Å². The molecule has 2 aromatic rings. The number of hydrogen-bond acceptors (Lipinski definition) is 6. The Bertz CT molecular complexity index is 1140. The van der Waals surface area contributed by atoms with Gasteiger partial charge >= 0.3 is 12.4 Å². The largest absolute Gasteiger partial charge is 0.497 e. The highest BCUT2D eigenvalue weighted by atomic mass is 19.4. The fourth-order valence-electron chi connectivity index (χ4n) is 4.72. The molecular formula is C29H36F6O6. The van der Waals surface area contributed by atoms with Gasteiger partial charge in [-0.1, -0.05) is 12.1 Å². The molecule has 0 saturated carbocycles. The first-order chi connectivity index (χ1) is 19.1. The molecule has 12 heteroatoms. The Balaban J connectivity index is 0.000000239. The predicted octanol–water partition coefficient (Wildman–Crippen LogP) is 6.60. The molecule has 41 heavy (non-hydrogen) atoms. The minimum atomic E-state index is -4.77. The van der Waals surface area contributed by atoms with Crippen molar-refractivity contribution in [2.24, 2.45) is 0 Å². The lowest BCUT2D eigenvalue weighted by molar-refractivity contribution is -0.281. The topological polar surface area (TPSA) is 66.4 Å². The second kappa shape index (κ2) is 13.2. The van der Waals surface area contributed by atoms with Crippen LogP contribution in [0.5, 0.6) is 11.5 Å². The van der Waals surface area contributed by atoms with Crippen molar-refractivity contribution >= 4 is 0 Å². The summed E-state index contributed by atoms with van der Waals surface area (Å²) in [6, 6.07) is 8.75. The Kier molecular flexibility index (Phi) is 10.6. The number of halogens is 6. The van der Waals surface area contributed by atoms with Gasteiger partial charge in [-0.05, 0) is 92.5 Å². The van der Waals surface area contributed by atoms with Gasteiger partial charge < -0.3 is 28.8 Å². The molecule has 2 aromatic carbocycles. The Morgan fingerprint density at radius 1 is 0.951 bits per heavy atom. The lowest BCUT2D eigenvalue weighted by atomic mass is 9.87. The van der Waals surface area contributed by atoms with E-state index in [2.05, 4.69) is 0 Å². The average molecular weight is 595 g/mol. The summed E-state index contributed by atoms with van der Waals surface area (Å²) < 4.78 is 105. The fraction of sp³-hybridized carbons (Fsp3) is 0.586. The molecule has 3 unspecified atom stereocenters. The smallest absolute Gasteiger partial charge is 0.421 e. The van der Waals surface area contributed by atoms with Crippen molar-refractivity contribution in [2.45, 2.75) is 75.8 Å². The molecule has 2 aliphatic rings. The monoisotopic (exact) mass is 594 g/mol. The molecule has 1 saturated heterocycles. The normalized spacial score (nSPS) is 22.6. The van der Waals surface area contributed by atoms with Crippen LogP contribution in [0, 0.1) is 0 Å². The van der Waals surface area contributed by atoms with E-state index in [-0.39, 0.29) is 37.1 Å². The zero-order valence-electron chi connectivity index (χ0n) is 23.5. The Morgan fingerprint density at radius 3 is 2.20 bits per heavy atom. The second-order valence-electron chi connectivity index (χ2n) is 10.2. The molecule has 4 rings (SSSR count). The quantitative estimate of drug-likeness (QED) is 0.365. The van der Waals surface area contributed by atoms with Crippen LogP contribution in [0.2, 0.25) is 0 Å². The number of fused-ring (bicyclic) bond motifs is 1.